The monoisotopic (exact) mass is 512 g/mol. The van der Waals surface area contributed by atoms with Crippen LogP contribution in [0.4, 0.5) is 17.5 Å². The lowest BCUT2D eigenvalue weighted by atomic mass is 9.88. The average molecular weight is 513 g/mol. The summed E-state index contributed by atoms with van der Waals surface area (Å²) in [4.78, 5) is 23.5. The molecule has 174 valence electrons. The van der Waals surface area contributed by atoms with Crippen molar-refractivity contribution in [2.24, 2.45) is 23.5 Å². The molecule has 5 rings (SSSR count). The Bertz CT molecular complexity index is 1020. The van der Waals surface area contributed by atoms with Gasteiger partial charge in [0.1, 0.15) is 18.2 Å². The summed E-state index contributed by atoms with van der Waals surface area (Å²) in [6.45, 7) is 4.02. The molecule has 2 aromatic rings. The van der Waals surface area contributed by atoms with Crippen LogP contribution in [0.3, 0.4) is 0 Å². The Morgan fingerprint density at radius 3 is 2.70 bits per heavy atom. The molecule has 33 heavy (non-hydrogen) atoms. The molecular formula is C24H29BrN6O2. The molecule has 1 saturated heterocycles. The number of halogens is 1. The molecule has 4 atom stereocenters. The van der Waals surface area contributed by atoms with Crippen LogP contribution in [-0.2, 0) is 4.79 Å². The standard InChI is InChI=1S/C24H29BrN6O2/c25-19-14-27-24(30-23(19)29-21-16-4-3-15(13-16)20(21)22(26)32)28-17-5-7-18(8-6-17)33-12-11-31-9-1-2-10-31/h3-8,14-16,20-21H,1-2,9-13H2,(H2,26,32)(H2,27,28,29,30)/t15-,16+,20+,21-/m1/s1. The minimum atomic E-state index is -0.268. The number of rotatable bonds is 9. The van der Waals surface area contributed by atoms with Crippen LogP contribution in [0.25, 0.3) is 0 Å². The van der Waals surface area contributed by atoms with E-state index < -0.39 is 0 Å². The zero-order valence-corrected chi connectivity index (χ0v) is 20.0. The van der Waals surface area contributed by atoms with E-state index in [1.54, 1.807) is 6.20 Å². The molecular weight excluding hydrogens is 484 g/mol. The van der Waals surface area contributed by atoms with Gasteiger partial charge in [-0.3, -0.25) is 9.69 Å². The van der Waals surface area contributed by atoms with Crippen LogP contribution in [0, 0.1) is 17.8 Å². The van der Waals surface area contributed by atoms with Gasteiger partial charge in [-0.25, -0.2) is 4.98 Å². The molecule has 3 aliphatic rings. The van der Waals surface area contributed by atoms with Gasteiger partial charge in [-0.05, 0) is 84.4 Å². The zero-order chi connectivity index (χ0) is 22.8. The number of benzene rings is 1. The summed E-state index contributed by atoms with van der Waals surface area (Å²) in [5.74, 6) is 1.96. The van der Waals surface area contributed by atoms with Crippen LogP contribution >= 0.6 is 15.9 Å². The molecule has 1 aromatic carbocycles. The number of aromatic nitrogens is 2. The van der Waals surface area contributed by atoms with Gasteiger partial charge >= 0.3 is 0 Å². The van der Waals surface area contributed by atoms with Gasteiger partial charge in [-0.1, -0.05) is 12.2 Å². The number of allylic oxidation sites excluding steroid dienone is 1. The molecule has 2 bridgehead atoms. The third-order valence-electron chi connectivity index (χ3n) is 6.82. The predicted molar refractivity (Wildman–Crippen MR) is 131 cm³/mol. The van der Waals surface area contributed by atoms with Crippen LogP contribution in [0.2, 0.25) is 0 Å². The second kappa shape index (κ2) is 9.69. The summed E-state index contributed by atoms with van der Waals surface area (Å²) in [5, 5.41) is 6.68. The molecule has 1 amide bonds. The molecule has 9 heteroatoms. The SMILES string of the molecule is NC(=O)[C@@H]1[C@H](Nc2nc(Nc3ccc(OCCN4CCCC4)cc3)ncc2Br)[C@H]2C=C[C@@H]1C2. The molecule has 2 aliphatic carbocycles. The van der Waals surface area contributed by atoms with Gasteiger partial charge in [0.2, 0.25) is 11.9 Å². The van der Waals surface area contributed by atoms with Gasteiger partial charge in [0, 0.05) is 24.5 Å². The van der Waals surface area contributed by atoms with E-state index in [9.17, 15) is 4.79 Å². The molecule has 0 spiro atoms. The summed E-state index contributed by atoms with van der Waals surface area (Å²) < 4.78 is 6.62. The molecule has 0 unspecified atom stereocenters. The number of nitrogens with zero attached hydrogens (tertiary/aromatic N) is 3. The normalized spacial score (nSPS) is 26.0. The number of nitrogens with two attached hydrogens (primary N) is 1. The van der Waals surface area contributed by atoms with E-state index in [2.05, 4.69) is 53.6 Å². The van der Waals surface area contributed by atoms with Gasteiger partial charge in [0.15, 0.2) is 0 Å². The molecule has 8 nitrogen and oxygen atoms in total. The van der Waals surface area contributed by atoms with Crippen molar-refractivity contribution in [2.45, 2.75) is 25.3 Å². The average Bonchev–Trinajstić information content (AvgIpc) is 3.55. The minimum absolute atomic E-state index is 0.0615. The Morgan fingerprint density at radius 1 is 1.18 bits per heavy atom. The molecule has 1 aliphatic heterocycles. The van der Waals surface area contributed by atoms with E-state index in [1.165, 1.54) is 25.9 Å². The van der Waals surface area contributed by atoms with Crippen molar-refractivity contribution in [2.75, 3.05) is 36.9 Å². The third-order valence-corrected chi connectivity index (χ3v) is 7.40. The van der Waals surface area contributed by atoms with E-state index >= 15 is 0 Å². The molecule has 2 heterocycles. The number of likely N-dealkylation sites (tertiary alicyclic amines) is 1. The number of primary amides is 1. The summed E-state index contributed by atoms with van der Waals surface area (Å²) in [7, 11) is 0. The van der Waals surface area contributed by atoms with E-state index in [4.69, 9.17) is 10.5 Å². The van der Waals surface area contributed by atoms with E-state index in [0.29, 0.717) is 18.4 Å². The van der Waals surface area contributed by atoms with Gasteiger partial charge in [0.25, 0.3) is 0 Å². The van der Waals surface area contributed by atoms with Crippen molar-refractivity contribution < 1.29 is 9.53 Å². The maximum absolute atomic E-state index is 12.0. The van der Waals surface area contributed by atoms with Crippen molar-refractivity contribution in [1.82, 2.24) is 14.9 Å². The van der Waals surface area contributed by atoms with E-state index in [1.807, 2.05) is 24.3 Å². The first-order valence-electron chi connectivity index (χ1n) is 11.6. The highest BCUT2D eigenvalue weighted by atomic mass is 79.9. The molecule has 1 saturated carbocycles. The number of hydrogen-bond acceptors (Lipinski definition) is 7. The van der Waals surface area contributed by atoms with E-state index in [-0.39, 0.29) is 29.7 Å². The summed E-state index contributed by atoms with van der Waals surface area (Å²) in [6, 6.07) is 7.74. The van der Waals surface area contributed by atoms with Crippen molar-refractivity contribution in [3.05, 3.63) is 47.1 Å². The fourth-order valence-corrected chi connectivity index (χ4v) is 5.46. The minimum Gasteiger partial charge on any atom is -0.492 e. The molecule has 1 aromatic heterocycles. The second-order valence-electron chi connectivity index (χ2n) is 8.98. The van der Waals surface area contributed by atoms with Crippen molar-refractivity contribution in [3.63, 3.8) is 0 Å². The quantitative estimate of drug-likeness (QED) is 0.441. The highest BCUT2D eigenvalue weighted by molar-refractivity contribution is 9.10. The summed E-state index contributed by atoms with van der Waals surface area (Å²) in [5.41, 5.74) is 6.56. The Hall–Kier alpha value is -2.65. The van der Waals surface area contributed by atoms with Crippen molar-refractivity contribution >= 4 is 39.3 Å². The van der Waals surface area contributed by atoms with Gasteiger partial charge in [-0.2, -0.15) is 4.98 Å². The lowest BCUT2D eigenvalue weighted by Gasteiger charge is -2.27. The maximum atomic E-state index is 12.0. The number of anilines is 3. The number of fused-ring (bicyclic) bond motifs is 2. The summed E-state index contributed by atoms with van der Waals surface area (Å²) in [6.07, 6.45) is 9.52. The second-order valence-corrected chi connectivity index (χ2v) is 9.84. The predicted octanol–water partition coefficient (Wildman–Crippen LogP) is 3.55. The maximum Gasteiger partial charge on any atom is 0.229 e. The van der Waals surface area contributed by atoms with Gasteiger partial charge in [-0.15, -0.1) is 0 Å². The number of carbonyl (C=O) groups is 1. The Labute approximate surface area is 202 Å². The lowest BCUT2D eigenvalue weighted by Crippen LogP contribution is -2.41. The van der Waals surface area contributed by atoms with Gasteiger partial charge in [0.05, 0.1) is 10.4 Å². The Kier molecular flexibility index (Phi) is 6.50. The highest BCUT2D eigenvalue weighted by Gasteiger charge is 2.47. The van der Waals surface area contributed by atoms with Crippen molar-refractivity contribution in [1.29, 1.82) is 0 Å². The number of amides is 1. The van der Waals surface area contributed by atoms with Crippen molar-refractivity contribution in [3.8, 4) is 5.75 Å². The van der Waals surface area contributed by atoms with Crippen LogP contribution in [-0.4, -0.2) is 53.1 Å². The van der Waals surface area contributed by atoms with Crippen LogP contribution in [0.1, 0.15) is 19.3 Å². The molecule has 4 N–H and O–H groups in total. The lowest BCUT2D eigenvalue weighted by molar-refractivity contribution is -0.122. The Morgan fingerprint density at radius 2 is 1.94 bits per heavy atom. The largest absolute Gasteiger partial charge is 0.492 e. The number of nitrogens with one attached hydrogen (secondary N) is 2. The third kappa shape index (κ3) is 4.99. The highest BCUT2D eigenvalue weighted by Crippen LogP contribution is 2.45. The Balaban J connectivity index is 1.20. The topological polar surface area (TPSA) is 105 Å². The van der Waals surface area contributed by atoms with Gasteiger partial charge < -0.3 is 21.1 Å². The number of ether oxygens (including phenoxy) is 1. The fraction of sp³-hybridized carbons (Fsp3) is 0.458. The first-order valence-corrected chi connectivity index (χ1v) is 12.3. The number of carbonyl (C=O) groups excluding carboxylic acids is 1. The zero-order valence-electron chi connectivity index (χ0n) is 18.4. The van der Waals surface area contributed by atoms with Crippen LogP contribution < -0.4 is 21.1 Å². The van der Waals surface area contributed by atoms with E-state index in [0.717, 1.165) is 28.9 Å². The fourth-order valence-electron chi connectivity index (χ4n) is 5.16. The smallest absolute Gasteiger partial charge is 0.229 e. The first-order chi connectivity index (χ1) is 16.1. The first kappa shape index (κ1) is 22.2. The molecule has 2 fully saturated rings. The summed E-state index contributed by atoms with van der Waals surface area (Å²) >= 11 is 3.52. The molecule has 0 radical (unpaired) electrons. The number of hydrogen-bond donors (Lipinski definition) is 3. The van der Waals surface area contributed by atoms with Crippen LogP contribution in [0.5, 0.6) is 5.75 Å². The van der Waals surface area contributed by atoms with Crippen LogP contribution in [0.15, 0.2) is 47.1 Å².